The molecule has 0 spiro atoms. The first-order valence-corrected chi connectivity index (χ1v) is 6.81. The predicted molar refractivity (Wildman–Crippen MR) is 61.9 cm³/mol. The highest BCUT2D eigenvalue weighted by atomic mass is 19.4. The summed E-state index contributed by atoms with van der Waals surface area (Å²) < 4.78 is 234. The molecule has 0 rings (SSSR count). The van der Waals surface area contributed by atoms with Crippen molar-refractivity contribution in [3.05, 3.63) is 12.4 Å². The van der Waals surface area contributed by atoms with E-state index in [4.69, 9.17) is 0 Å². The topological polar surface area (TPSA) is 26.3 Å². The zero-order valence-electron chi connectivity index (χ0n) is 14.0. The van der Waals surface area contributed by atoms with Crippen LogP contribution in [-0.4, -0.2) is 60.2 Å². The molecule has 0 aliphatic rings. The largest absolute Gasteiger partial charge is 0.460 e. The first-order valence-electron chi connectivity index (χ1n) is 6.81. The maximum atomic E-state index is 13.3. The van der Waals surface area contributed by atoms with Gasteiger partial charge < -0.3 is 4.74 Å². The van der Waals surface area contributed by atoms with Crippen LogP contribution >= 0.6 is 0 Å². The van der Waals surface area contributed by atoms with Crippen molar-refractivity contribution in [1.29, 1.82) is 0 Å². The van der Waals surface area contributed by atoms with Crippen LogP contribution in [0.15, 0.2) is 12.4 Å². The summed E-state index contributed by atoms with van der Waals surface area (Å²) in [5, 5.41) is 0. The first kappa shape index (κ1) is 29.9. The monoisotopic (exact) mass is 522 g/mol. The second-order valence-corrected chi connectivity index (χ2v) is 5.63. The zero-order valence-corrected chi connectivity index (χ0v) is 14.0. The third kappa shape index (κ3) is 4.03. The minimum Gasteiger partial charge on any atom is -0.454 e. The fourth-order valence-electron chi connectivity index (χ4n) is 1.52. The molecule has 0 aromatic rings. The Bertz CT molecular complexity index is 733. The van der Waals surface area contributed by atoms with Gasteiger partial charge in [0.25, 0.3) is 0 Å². The molecular formula is C12H4F18O2. The van der Waals surface area contributed by atoms with Crippen LogP contribution in [0.5, 0.6) is 0 Å². The molecule has 0 fully saturated rings. The molecule has 0 radical (unpaired) electrons. The molecule has 0 atom stereocenters. The van der Waals surface area contributed by atoms with Crippen LogP contribution in [0, 0.1) is 0 Å². The fourth-order valence-corrected chi connectivity index (χ4v) is 1.52. The third-order valence-corrected chi connectivity index (χ3v) is 3.39. The number of hydrogen-bond donors (Lipinski definition) is 0. The molecule has 2 nitrogen and oxygen atoms in total. The molecular weight excluding hydrogens is 518 g/mol. The smallest absolute Gasteiger partial charge is 0.454 e. The molecule has 0 amide bonds. The van der Waals surface area contributed by atoms with E-state index in [9.17, 15) is 83.8 Å². The maximum Gasteiger partial charge on any atom is 0.460 e. The van der Waals surface area contributed by atoms with Crippen molar-refractivity contribution in [2.75, 3.05) is 6.61 Å². The molecule has 0 saturated heterocycles. The molecule has 190 valence electrons. The molecule has 0 N–H and O–H groups in total. The lowest BCUT2D eigenvalue weighted by Gasteiger charge is -2.42. The van der Waals surface area contributed by atoms with Crippen molar-refractivity contribution in [3.8, 4) is 0 Å². The standard InChI is InChI=1S/C12H4F18O2/c1-3(13)4(31)32-2-5(14,15)6(16,17)7(18,19)8(20,21)9(22,23)10(24,25)11(26,27)12(28,29)30/h1-2H2. The van der Waals surface area contributed by atoms with E-state index in [1.165, 1.54) is 0 Å². The number of rotatable bonds is 9. The van der Waals surface area contributed by atoms with Crippen LogP contribution in [0.4, 0.5) is 79.0 Å². The minimum absolute atomic E-state index is 2.02. The Labute approximate surface area is 162 Å². The van der Waals surface area contributed by atoms with Crippen molar-refractivity contribution >= 4 is 5.97 Å². The number of ether oxygens (including phenoxy) is 1. The van der Waals surface area contributed by atoms with Crippen molar-refractivity contribution in [2.45, 2.75) is 47.6 Å². The maximum absolute atomic E-state index is 13.3. The van der Waals surface area contributed by atoms with Gasteiger partial charge in [-0.3, -0.25) is 0 Å². The lowest BCUT2D eigenvalue weighted by Crippen LogP contribution is -2.74. The van der Waals surface area contributed by atoms with Crippen LogP contribution in [-0.2, 0) is 9.53 Å². The quantitative estimate of drug-likeness (QED) is 0.210. The number of esters is 1. The summed E-state index contributed by atoms with van der Waals surface area (Å²) in [6, 6.07) is 0. The van der Waals surface area contributed by atoms with E-state index in [0.717, 1.165) is 0 Å². The lowest BCUT2D eigenvalue weighted by molar-refractivity contribution is -0.462. The van der Waals surface area contributed by atoms with Gasteiger partial charge in [-0.15, -0.1) is 0 Å². The summed E-state index contributed by atoms with van der Waals surface area (Å²) >= 11 is 0. The average molecular weight is 522 g/mol. The summed E-state index contributed by atoms with van der Waals surface area (Å²) in [5.74, 6) is -62.9. The van der Waals surface area contributed by atoms with E-state index in [0.29, 0.717) is 0 Å². The summed E-state index contributed by atoms with van der Waals surface area (Å²) in [7, 11) is 0. The Morgan fingerprint density at radius 1 is 0.562 bits per heavy atom. The van der Waals surface area contributed by atoms with Gasteiger partial charge in [-0.1, -0.05) is 6.58 Å². The first-order chi connectivity index (χ1) is 13.6. The average Bonchev–Trinajstić information content (AvgIpc) is 2.57. The summed E-state index contributed by atoms with van der Waals surface area (Å²) in [6.45, 7) is -1.50. The van der Waals surface area contributed by atoms with Gasteiger partial charge >= 0.3 is 53.6 Å². The highest BCUT2D eigenvalue weighted by Crippen LogP contribution is 2.63. The molecule has 32 heavy (non-hydrogen) atoms. The van der Waals surface area contributed by atoms with Crippen molar-refractivity contribution in [2.24, 2.45) is 0 Å². The van der Waals surface area contributed by atoms with Gasteiger partial charge in [0, 0.05) is 0 Å². The highest BCUT2D eigenvalue weighted by molar-refractivity contribution is 5.85. The van der Waals surface area contributed by atoms with Crippen LogP contribution in [0.1, 0.15) is 0 Å². The molecule has 0 aromatic carbocycles. The van der Waals surface area contributed by atoms with Gasteiger partial charge in [0.1, 0.15) is 0 Å². The van der Waals surface area contributed by atoms with Gasteiger partial charge in [-0.05, 0) is 0 Å². The summed E-state index contributed by atoms with van der Waals surface area (Å²) in [5.41, 5.74) is 0. The minimum atomic E-state index is -8.76. The fraction of sp³-hybridized carbons (Fsp3) is 0.750. The Hall–Kier alpha value is -2.05. The molecule has 0 unspecified atom stereocenters. The van der Waals surface area contributed by atoms with Crippen LogP contribution in [0.2, 0.25) is 0 Å². The Kier molecular flexibility index (Phi) is 7.27. The zero-order chi connectivity index (χ0) is 26.6. The summed E-state index contributed by atoms with van der Waals surface area (Å²) in [6.07, 6.45) is -7.85. The molecule has 20 heteroatoms. The van der Waals surface area contributed by atoms with Gasteiger partial charge in [0.05, 0.1) is 0 Å². The number of halogens is 18. The van der Waals surface area contributed by atoms with E-state index < -0.39 is 66.0 Å². The van der Waals surface area contributed by atoms with Crippen LogP contribution in [0.25, 0.3) is 0 Å². The molecule has 0 aromatic heterocycles. The van der Waals surface area contributed by atoms with Gasteiger partial charge in [0.2, 0.25) is 5.83 Å². The third-order valence-electron chi connectivity index (χ3n) is 3.39. The van der Waals surface area contributed by atoms with E-state index in [2.05, 4.69) is 4.74 Å². The van der Waals surface area contributed by atoms with Crippen molar-refractivity contribution in [3.63, 3.8) is 0 Å². The van der Waals surface area contributed by atoms with Crippen molar-refractivity contribution in [1.82, 2.24) is 0 Å². The lowest BCUT2D eigenvalue weighted by atomic mass is 9.89. The Balaban J connectivity index is 6.53. The normalized spacial score (nSPS) is 15.6. The van der Waals surface area contributed by atoms with Gasteiger partial charge in [0.15, 0.2) is 6.61 Å². The van der Waals surface area contributed by atoms with Crippen LogP contribution in [0.3, 0.4) is 0 Å². The van der Waals surface area contributed by atoms with Crippen molar-refractivity contribution < 1.29 is 88.6 Å². The van der Waals surface area contributed by atoms with E-state index in [1.807, 2.05) is 6.58 Å². The van der Waals surface area contributed by atoms with E-state index in [-0.39, 0.29) is 0 Å². The Morgan fingerprint density at radius 3 is 1.12 bits per heavy atom. The number of alkyl halides is 17. The predicted octanol–water partition coefficient (Wildman–Crippen LogP) is 6.02. The molecule has 0 heterocycles. The second kappa shape index (κ2) is 7.77. The number of carbonyl (C=O) groups excluding carboxylic acids is 1. The molecule has 0 saturated carbocycles. The Morgan fingerprint density at radius 2 is 0.844 bits per heavy atom. The molecule has 0 bridgehead atoms. The van der Waals surface area contributed by atoms with E-state index >= 15 is 0 Å². The van der Waals surface area contributed by atoms with E-state index in [1.54, 1.807) is 0 Å². The molecule has 0 aliphatic carbocycles. The highest BCUT2D eigenvalue weighted by Gasteiger charge is 2.95. The van der Waals surface area contributed by atoms with Crippen LogP contribution < -0.4 is 0 Å². The van der Waals surface area contributed by atoms with Gasteiger partial charge in [-0.2, -0.15) is 79.0 Å². The molecule has 0 aliphatic heterocycles. The van der Waals surface area contributed by atoms with Gasteiger partial charge in [-0.25, -0.2) is 4.79 Å². The summed E-state index contributed by atoms with van der Waals surface area (Å²) in [4.78, 5) is 10.4. The number of hydrogen-bond acceptors (Lipinski definition) is 2. The SMILES string of the molecule is C=C(F)C(=O)OCC(F)(F)C(F)(F)C(F)(F)C(F)(F)C(F)(F)C(F)(F)C(F)(F)C(F)(F)F. The number of carbonyl (C=O) groups is 1. The second-order valence-electron chi connectivity index (χ2n) is 5.63.